The molecule has 4 rings (SSSR count). The van der Waals surface area contributed by atoms with Crippen LogP contribution in [-0.2, 0) is 11.2 Å². The van der Waals surface area contributed by atoms with E-state index in [2.05, 4.69) is 19.9 Å². The Morgan fingerprint density at radius 2 is 1.93 bits per heavy atom. The zero-order valence-corrected chi connectivity index (χ0v) is 15.7. The largest absolute Gasteiger partial charge is 0.352 e. The number of H-pyrrole nitrogens is 1. The Bertz CT molecular complexity index is 1130. The van der Waals surface area contributed by atoms with Crippen LogP contribution in [0.15, 0.2) is 41.5 Å². The molecule has 0 spiro atoms. The van der Waals surface area contributed by atoms with Crippen molar-refractivity contribution >= 4 is 22.6 Å². The smallest absolute Gasteiger partial charge is 0.258 e. The summed E-state index contributed by atoms with van der Waals surface area (Å²) >= 11 is 0. The molecule has 29 heavy (non-hydrogen) atoms. The summed E-state index contributed by atoms with van der Waals surface area (Å²) < 4.78 is 0. The maximum atomic E-state index is 12.6. The monoisotopic (exact) mass is 389 g/mol. The molecule has 9 heteroatoms. The number of para-hydroxylation sites is 1. The summed E-state index contributed by atoms with van der Waals surface area (Å²) in [6.07, 6.45) is 3.71. The van der Waals surface area contributed by atoms with Gasteiger partial charge in [-0.3, -0.25) is 9.59 Å². The highest BCUT2D eigenvalue weighted by molar-refractivity contribution is 5.78. The first-order valence-corrected chi connectivity index (χ1v) is 9.37. The SMILES string of the molecule is N#Cc1cnc(N2CCN(C(=O)CCc3nc4ccccc4c(=O)[nH]3)CC2)cn1. The van der Waals surface area contributed by atoms with Crippen molar-refractivity contribution in [2.45, 2.75) is 12.8 Å². The molecule has 0 saturated carbocycles. The molecule has 1 saturated heterocycles. The quantitative estimate of drug-likeness (QED) is 0.703. The van der Waals surface area contributed by atoms with Crippen molar-refractivity contribution in [2.24, 2.45) is 0 Å². The van der Waals surface area contributed by atoms with Gasteiger partial charge in [0.25, 0.3) is 5.56 Å². The van der Waals surface area contributed by atoms with Crippen LogP contribution in [0.5, 0.6) is 0 Å². The number of nitrogens with zero attached hydrogens (tertiary/aromatic N) is 6. The first-order valence-electron chi connectivity index (χ1n) is 9.37. The second-order valence-corrected chi connectivity index (χ2v) is 6.77. The number of fused-ring (bicyclic) bond motifs is 1. The second kappa shape index (κ2) is 8.06. The van der Waals surface area contributed by atoms with Crippen LogP contribution in [-0.4, -0.2) is 56.9 Å². The maximum Gasteiger partial charge on any atom is 0.258 e. The number of hydrogen-bond donors (Lipinski definition) is 1. The van der Waals surface area contributed by atoms with Crippen molar-refractivity contribution in [2.75, 3.05) is 31.1 Å². The molecule has 9 nitrogen and oxygen atoms in total. The van der Waals surface area contributed by atoms with Crippen molar-refractivity contribution in [3.8, 4) is 6.07 Å². The zero-order valence-electron chi connectivity index (χ0n) is 15.7. The number of anilines is 1. The fraction of sp³-hybridized carbons (Fsp3) is 0.300. The maximum absolute atomic E-state index is 12.6. The lowest BCUT2D eigenvalue weighted by molar-refractivity contribution is -0.131. The first-order chi connectivity index (χ1) is 14.1. The van der Waals surface area contributed by atoms with E-state index in [1.165, 1.54) is 6.20 Å². The van der Waals surface area contributed by atoms with Gasteiger partial charge in [0, 0.05) is 39.0 Å². The molecular formula is C20H19N7O2. The molecular weight excluding hydrogens is 370 g/mol. The van der Waals surface area contributed by atoms with E-state index in [1.807, 2.05) is 21.9 Å². The molecule has 0 bridgehead atoms. The highest BCUT2D eigenvalue weighted by Gasteiger charge is 2.22. The lowest BCUT2D eigenvalue weighted by Gasteiger charge is -2.35. The van der Waals surface area contributed by atoms with Gasteiger partial charge in [0.15, 0.2) is 5.69 Å². The number of carbonyl (C=O) groups is 1. The Kier molecular flexibility index (Phi) is 5.16. The molecule has 1 aliphatic rings. The van der Waals surface area contributed by atoms with E-state index in [4.69, 9.17) is 5.26 Å². The van der Waals surface area contributed by atoms with Crippen molar-refractivity contribution < 1.29 is 4.79 Å². The molecule has 146 valence electrons. The minimum atomic E-state index is -0.185. The lowest BCUT2D eigenvalue weighted by Crippen LogP contribution is -2.49. The Hall–Kier alpha value is -3.80. The van der Waals surface area contributed by atoms with Gasteiger partial charge in [-0.2, -0.15) is 5.26 Å². The predicted molar refractivity (Wildman–Crippen MR) is 106 cm³/mol. The molecule has 1 fully saturated rings. The van der Waals surface area contributed by atoms with Gasteiger partial charge in [-0.05, 0) is 12.1 Å². The molecule has 1 aliphatic heterocycles. The lowest BCUT2D eigenvalue weighted by atomic mass is 10.2. The van der Waals surface area contributed by atoms with Crippen LogP contribution in [0.2, 0.25) is 0 Å². The van der Waals surface area contributed by atoms with E-state index in [-0.39, 0.29) is 23.6 Å². The second-order valence-electron chi connectivity index (χ2n) is 6.77. The number of hydrogen-bond acceptors (Lipinski definition) is 7. The van der Waals surface area contributed by atoms with Crippen molar-refractivity contribution in [3.05, 3.63) is 58.5 Å². The Balaban J connectivity index is 1.33. The Morgan fingerprint density at radius 3 is 2.66 bits per heavy atom. The number of aryl methyl sites for hydroxylation is 1. The third kappa shape index (κ3) is 4.06. The normalized spacial score (nSPS) is 14.0. The Morgan fingerprint density at radius 1 is 1.14 bits per heavy atom. The zero-order chi connectivity index (χ0) is 20.2. The first kappa shape index (κ1) is 18.6. The topological polar surface area (TPSA) is 119 Å². The number of nitriles is 1. The van der Waals surface area contributed by atoms with Gasteiger partial charge in [0.1, 0.15) is 17.7 Å². The highest BCUT2D eigenvalue weighted by Crippen LogP contribution is 2.13. The number of aromatic amines is 1. The molecule has 3 aromatic rings. The average molecular weight is 389 g/mol. The summed E-state index contributed by atoms with van der Waals surface area (Å²) in [6.45, 7) is 2.47. The number of carbonyl (C=O) groups excluding carboxylic acids is 1. The molecule has 1 aromatic carbocycles. The number of piperazine rings is 1. The van der Waals surface area contributed by atoms with Crippen molar-refractivity contribution in [3.63, 3.8) is 0 Å². The molecule has 0 unspecified atom stereocenters. The van der Waals surface area contributed by atoms with Crippen LogP contribution in [0.25, 0.3) is 10.9 Å². The number of nitrogens with one attached hydrogen (secondary N) is 1. The molecule has 1 N–H and O–H groups in total. The summed E-state index contributed by atoms with van der Waals surface area (Å²) in [4.78, 5) is 44.0. The van der Waals surface area contributed by atoms with E-state index in [1.54, 1.807) is 24.4 Å². The molecule has 0 atom stereocenters. The van der Waals surface area contributed by atoms with Crippen molar-refractivity contribution in [1.29, 1.82) is 5.26 Å². The minimum absolute atomic E-state index is 0.0337. The Labute approximate surface area is 166 Å². The van der Waals surface area contributed by atoms with Crippen LogP contribution in [0.3, 0.4) is 0 Å². The summed E-state index contributed by atoms with van der Waals surface area (Å²) in [5.41, 5.74) is 0.730. The molecule has 3 heterocycles. The van der Waals surface area contributed by atoms with E-state index >= 15 is 0 Å². The van der Waals surface area contributed by atoms with E-state index in [9.17, 15) is 9.59 Å². The van der Waals surface area contributed by atoms with Crippen LogP contribution in [0.1, 0.15) is 17.9 Å². The molecule has 0 radical (unpaired) electrons. The summed E-state index contributed by atoms with van der Waals surface area (Å²) in [5, 5.41) is 9.35. The fourth-order valence-corrected chi connectivity index (χ4v) is 3.36. The van der Waals surface area contributed by atoms with Crippen LogP contribution >= 0.6 is 0 Å². The van der Waals surface area contributed by atoms with Crippen LogP contribution < -0.4 is 10.5 Å². The van der Waals surface area contributed by atoms with E-state index in [0.29, 0.717) is 55.1 Å². The van der Waals surface area contributed by atoms with Gasteiger partial charge in [0.05, 0.1) is 23.3 Å². The third-order valence-corrected chi connectivity index (χ3v) is 4.95. The summed E-state index contributed by atoms with van der Waals surface area (Å²) in [6, 6.07) is 9.10. The molecule has 1 amide bonds. The van der Waals surface area contributed by atoms with Crippen LogP contribution in [0, 0.1) is 11.3 Å². The van der Waals surface area contributed by atoms with Gasteiger partial charge in [-0.25, -0.2) is 15.0 Å². The van der Waals surface area contributed by atoms with Gasteiger partial charge in [-0.1, -0.05) is 12.1 Å². The number of amides is 1. The van der Waals surface area contributed by atoms with Gasteiger partial charge in [-0.15, -0.1) is 0 Å². The molecule has 2 aromatic heterocycles. The number of aromatic nitrogens is 4. The van der Waals surface area contributed by atoms with Gasteiger partial charge >= 0.3 is 0 Å². The summed E-state index contributed by atoms with van der Waals surface area (Å²) in [7, 11) is 0. The summed E-state index contributed by atoms with van der Waals surface area (Å²) in [5.74, 6) is 1.26. The highest BCUT2D eigenvalue weighted by atomic mass is 16.2. The molecule has 0 aliphatic carbocycles. The average Bonchev–Trinajstić information content (AvgIpc) is 2.78. The number of rotatable bonds is 4. The van der Waals surface area contributed by atoms with Crippen molar-refractivity contribution in [1.82, 2.24) is 24.8 Å². The third-order valence-electron chi connectivity index (χ3n) is 4.95. The van der Waals surface area contributed by atoms with Crippen LogP contribution in [0.4, 0.5) is 5.82 Å². The van der Waals surface area contributed by atoms with E-state index < -0.39 is 0 Å². The standard InChI is InChI=1S/C20H19N7O2/c21-11-14-12-23-18(13-22-14)26-7-9-27(10-8-26)19(28)6-5-17-24-16-4-2-1-3-15(16)20(29)25-17/h1-4,12-13H,5-10H2,(H,24,25,29). The predicted octanol–water partition coefficient (Wildman–Crippen LogP) is 0.866. The minimum Gasteiger partial charge on any atom is -0.352 e. The fourth-order valence-electron chi connectivity index (χ4n) is 3.36. The van der Waals surface area contributed by atoms with Gasteiger partial charge < -0.3 is 14.8 Å². The van der Waals surface area contributed by atoms with Gasteiger partial charge in [0.2, 0.25) is 5.91 Å². The van der Waals surface area contributed by atoms with E-state index in [0.717, 1.165) is 0 Å². The number of benzene rings is 1.